The molecule has 3 rings (SSSR count). The summed E-state index contributed by atoms with van der Waals surface area (Å²) in [6.07, 6.45) is 1.92. The Hall–Kier alpha value is -2.03. The Bertz CT molecular complexity index is 610. The van der Waals surface area contributed by atoms with E-state index in [0.29, 0.717) is 5.82 Å². The third-order valence-corrected chi connectivity index (χ3v) is 2.39. The molecule has 0 atom stereocenters. The number of nitrogens with zero attached hydrogens (tertiary/aromatic N) is 2. The Labute approximate surface area is 80.8 Å². The molecule has 0 saturated carbocycles. The van der Waals surface area contributed by atoms with Crippen LogP contribution in [-0.2, 0) is 0 Å². The lowest BCUT2D eigenvalue weighted by atomic mass is 10.1. The highest BCUT2D eigenvalue weighted by Crippen LogP contribution is 2.20. The minimum absolute atomic E-state index is 0.557. The van der Waals surface area contributed by atoms with Crippen molar-refractivity contribution in [2.45, 2.75) is 0 Å². The average molecular weight is 183 g/mol. The molecule has 2 aromatic heterocycles. The van der Waals surface area contributed by atoms with E-state index in [9.17, 15) is 0 Å². The molecule has 0 bridgehead atoms. The number of rotatable bonds is 0. The third kappa shape index (κ3) is 0.893. The van der Waals surface area contributed by atoms with Crippen molar-refractivity contribution in [3.8, 4) is 0 Å². The molecule has 0 aliphatic heterocycles. The van der Waals surface area contributed by atoms with Crippen LogP contribution in [0.25, 0.3) is 16.3 Å². The maximum Gasteiger partial charge on any atom is 0.146 e. The van der Waals surface area contributed by atoms with Crippen molar-refractivity contribution in [3.05, 3.63) is 42.6 Å². The van der Waals surface area contributed by atoms with Gasteiger partial charge in [-0.1, -0.05) is 24.3 Å². The molecule has 0 saturated heterocycles. The van der Waals surface area contributed by atoms with E-state index >= 15 is 0 Å². The number of benzene rings is 1. The number of aromatic nitrogens is 2. The predicted octanol–water partition coefficient (Wildman–Crippen LogP) is 2.07. The van der Waals surface area contributed by atoms with Crippen LogP contribution in [0.4, 0.5) is 5.82 Å². The number of hydrogen-bond acceptors (Lipinski definition) is 2. The average Bonchev–Trinajstić information content (AvgIpc) is 2.59. The van der Waals surface area contributed by atoms with E-state index < -0.39 is 0 Å². The van der Waals surface area contributed by atoms with Crippen molar-refractivity contribution in [1.82, 2.24) is 9.61 Å². The molecule has 68 valence electrons. The lowest BCUT2D eigenvalue weighted by Crippen LogP contribution is -1.88. The van der Waals surface area contributed by atoms with Crippen LogP contribution in [0.3, 0.4) is 0 Å². The van der Waals surface area contributed by atoms with Crippen molar-refractivity contribution < 1.29 is 0 Å². The lowest BCUT2D eigenvalue weighted by Gasteiger charge is -1.98. The number of nitrogens with two attached hydrogens (primary N) is 1. The van der Waals surface area contributed by atoms with Gasteiger partial charge in [-0.15, -0.1) is 0 Å². The standard InChI is InChI=1S/C11H9N3/c12-11-7-10-9-4-2-1-3-8(9)5-6-14(10)13-11/h1-7H,(H2,12,13). The number of fused-ring (bicyclic) bond motifs is 3. The molecule has 0 fully saturated rings. The Morgan fingerprint density at radius 2 is 2.00 bits per heavy atom. The molecular formula is C11H9N3. The summed E-state index contributed by atoms with van der Waals surface area (Å²) < 4.78 is 1.80. The van der Waals surface area contributed by atoms with Crippen LogP contribution in [0.15, 0.2) is 42.6 Å². The van der Waals surface area contributed by atoms with E-state index in [1.165, 1.54) is 10.8 Å². The second-order valence-electron chi connectivity index (χ2n) is 3.30. The summed E-state index contributed by atoms with van der Waals surface area (Å²) in [6.45, 7) is 0. The smallest absolute Gasteiger partial charge is 0.146 e. The van der Waals surface area contributed by atoms with Gasteiger partial charge in [-0.2, -0.15) is 5.10 Å². The molecule has 1 aromatic carbocycles. The zero-order valence-corrected chi connectivity index (χ0v) is 7.51. The first kappa shape index (κ1) is 7.38. The number of pyridine rings is 1. The van der Waals surface area contributed by atoms with Gasteiger partial charge in [-0.25, -0.2) is 4.52 Å². The normalized spacial score (nSPS) is 11.1. The van der Waals surface area contributed by atoms with Crippen molar-refractivity contribution in [3.63, 3.8) is 0 Å². The Kier molecular flexibility index (Phi) is 1.31. The van der Waals surface area contributed by atoms with Gasteiger partial charge in [0, 0.05) is 17.6 Å². The molecule has 3 heteroatoms. The lowest BCUT2D eigenvalue weighted by molar-refractivity contribution is 0.974. The topological polar surface area (TPSA) is 43.3 Å². The minimum atomic E-state index is 0.557. The predicted molar refractivity (Wildman–Crippen MR) is 57.1 cm³/mol. The van der Waals surface area contributed by atoms with Crippen molar-refractivity contribution in [2.24, 2.45) is 0 Å². The fourth-order valence-electron chi connectivity index (χ4n) is 1.75. The fraction of sp³-hybridized carbons (Fsp3) is 0. The van der Waals surface area contributed by atoms with Gasteiger partial charge in [-0.3, -0.25) is 0 Å². The number of hydrogen-bond donors (Lipinski definition) is 1. The molecule has 14 heavy (non-hydrogen) atoms. The highest BCUT2D eigenvalue weighted by atomic mass is 15.2. The van der Waals surface area contributed by atoms with E-state index in [2.05, 4.69) is 17.2 Å². The van der Waals surface area contributed by atoms with E-state index in [4.69, 9.17) is 5.73 Å². The van der Waals surface area contributed by atoms with Gasteiger partial charge in [0.15, 0.2) is 0 Å². The molecule has 3 nitrogen and oxygen atoms in total. The molecule has 0 spiro atoms. The van der Waals surface area contributed by atoms with Crippen LogP contribution in [0.5, 0.6) is 0 Å². The number of nitrogen functional groups attached to an aromatic ring is 1. The van der Waals surface area contributed by atoms with Crippen LogP contribution in [0, 0.1) is 0 Å². The van der Waals surface area contributed by atoms with Crippen molar-refractivity contribution in [1.29, 1.82) is 0 Å². The van der Waals surface area contributed by atoms with Crippen LogP contribution >= 0.6 is 0 Å². The first-order valence-electron chi connectivity index (χ1n) is 4.47. The van der Waals surface area contributed by atoms with E-state index in [1.807, 2.05) is 30.5 Å². The zero-order chi connectivity index (χ0) is 9.54. The molecule has 2 N–H and O–H groups in total. The first-order valence-corrected chi connectivity index (χ1v) is 4.47. The summed E-state index contributed by atoms with van der Waals surface area (Å²) in [6, 6.07) is 12.1. The summed E-state index contributed by atoms with van der Waals surface area (Å²) >= 11 is 0. The van der Waals surface area contributed by atoms with Gasteiger partial charge in [-0.05, 0) is 11.5 Å². The van der Waals surface area contributed by atoms with Crippen molar-refractivity contribution in [2.75, 3.05) is 5.73 Å². The minimum Gasteiger partial charge on any atom is -0.382 e. The Morgan fingerprint density at radius 1 is 1.14 bits per heavy atom. The van der Waals surface area contributed by atoms with E-state index in [-0.39, 0.29) is 0 Å². The zero-order valence-electron chi connectivity index (χ0n) is 7.51. The van der Waals surface area contributed by atoms with Crippen LogP contribution in [0.2, 0.25) is 0 Å². The molecule has 0 aliphatic rings. The van der Waals surface area contributed by atoms with Gasteiger partial charge in [0.1, 0.15) is 5.82 Å². The maximum atomic E-state index is 5.65. The van der Waals surface area contributed by atoms with Gasteiger partial charge in [0.25, 0.3) is 0 Å². The summed E-state index contributed by atoms with van der Waals surface area (Å²) in [5.74, 6) is 0.557. The summed E-state index contributed by atoms with van der Waals surface area (Å²) in [5.41, 5.74) is 6.71. The van der Waals surface area contributed by atoms with Gasteiger partial charge in [0.2, 0.25) is 0 Å². The van der Waals surface area contributed by atoms with Crippen LogP contribution < -0.4 is 5.73 Å². The van der Waals surface area contributed by atoms with Crippen LogP contribution in [-0.4, -0.2) is 9.61 Å². The SMILES string of the molecule is Nc1cc2c3ccccc3ccn2n1. The molecule has 0 radical (unpaired) electrons. The molecular weight excluding hydrogens is 174 g/mol. The highest BCUT2D eigenvalue weighted by Gasteiger charge is 2.01. The summed E-state index contributed by atoms with van der Waals surface area (Å²) in [4.78, 5) is 0. The van der Waals surface area contributed by atoms with Gasteiger partial charge < -0.3 is 5.73 Å². The Morgan fingerprint density at radius 3 is 2.93 bits per heavy atom. The summed E-state index contributed by atoms with van der Waals surface area (Å²) in [5, 5.41) is 6.55. The van der Waals surface area contributed by atoms with Crippen LogP contribution in [0.1, 0.15) is 0 Å². The fourth-order valence-corrected chi connectivity index (χ4v) is 1.75. The highest BCUT2D eigenvalue weighted by molar-refractivity contribution is 5.96. The quantitative estimate of drug-likeness (QED) is 0.579. The van der Waals surface area contributed by atoms with E-state index in [1.54, 1.807) is 4.52 Å². The third-order valence-electron chi connectivity index (χ3n) is 2.39. The number of anilines is 1. The van der Waals surface area contributed by atoms with E-state index in [0.717, 1.165) is 5.52 Å². The second-order valence-corrected chi connectivity index (χ2v) is 3.30. The monoisotopic (exact) mass is 183 g/mol. The van der Waals surface area contributed by atoms with Gasteiger partial charge >= 0.3 is 0 Å². The molecule has 2 heterocycles. The Balaban J connectivity index is 2.60. The summed E-state index contributed by atoms with van der Waals surface area (Å²) in [7, 11) is 0. The molecule has 0 amide bonds. The van der Waals surface area contributed by atoms with Crippen molar-refractivity contribution >= 4 is 22.1 Å². The largest absolute Gasteiger partial charge is 0.382 e. The molecule has 3 aromatic rings. The maximum absolute atomic E-state index is 5.65. The second kappa shape index (κ2) is 2.48. The molecule has 0 unspecified atom stereocenters. The first-order chi connectivity index (χ1) is 6.84. The van der Waals surface area contributed by atoms with Gasteiger partial charge in [0.05, 0.1) is 5.52 Å². The molecule has 0 aliphatic carbocycles.